The molecule has 2 unspecified atom stereocenters. The first kappa shape index (κ1) is 11.7. The van der Waals surface area contributed by atoms with Crippen molar-refractivity contribution in [1.29, 1.82) is 0 Å². The molecule has 3 rings (SSSR count). The number of nitrogens with zero attached hydrogens (tertiary/aromatic N) is 3. The van der Waals surface area contributed by atoms with Gasteiger partial charge < -0.3 is 10.1 Å². The van der Waals surface area contributed by atoms with Gasteiger partial charge in [-0.15, -0.1) is 0 Å². The summed E-state index contributed by atoms with van der Waals surface area (Å²) >= 11 is 0. The fraction of sp³-hybridized carbons (Fsp3) is 0.692. The van der Waals surface area contributed by atoms with Crippen molar-refractivity contribution in [2.45, 2.75) is 38.3 Å². The third-order valence-electron chi connectivity index (χ3n) is 3.87. The predicted octanol–water partition coefficient (Wildman–Crippen LogP) is 1.52. The van der Waals surface area contributed by atoms with Crippen molar-refractivity contribution in [3.05, 3.63) is 12.4 Å². The van der Waals surface area contributed by atoms with Crippen molar-refractivity contribution in [3.8, 4) is 5.88 Å². The molecule has 2 atom stereocenters. The molecule has 0 bridgehead atoms. The summed E-state index contributed by atoms with van der Waals surface area (Å²) < 4.78 is 5.40. The van der Waals surface area contributed by atoms with Crippen molar-refractivity contribution in [1.82, 2.24) is 14.9 Å². The van der Waals surface area contributed by atoms with E-state index in [0.29, 0.717) is 24.6 Å². The van der Waals surface area contributed by atoms with E-state index >= 15 is 0 Å². The number of hydrogen-bond acceptors (Lipinski definition) is 5. The molecule has 1 aromatic rings. The number of fused-ring (bicyclic) bond motifs is 1. The smallest absolute Gasteiger partial charge is 0.218 e. The minimum atomic E-state index is 0.525. The zero-order valence-corrected chi connectivity index (χ0v) is 10.8. The second kappa shape index (κ2) is 5.10. The fourth-order valence-electron chi connectivity index (χ4n) is 3.09. The Kier molecular flexibility index (Phi) is 3.32. The third-order valence-corrected chi connectivity index (χ3v) is 3.87. The van der Waals surface area contributed by atoms with E-state index in [-0.39, 0.29) is 0 Å². The van der Waals surface area contributed by atoms with Gasteiger partial charge in [-0.05, 0) is 32.7 Å². The Balaban J connectivity index is 1.67. The van der Waals surface area contributed by atoms with Gasteiger partial charge in [0.1, 0.15) is 12.1 Å². The summed E-state index contributed by atoms with van der Waals surface area (Å²) in [5.41, 5.74) is 0. The topological polar surface area (TPSA) is 50.3 Å². The zero-order valence-electron chi connectivity index (χ0n) is 10.8. The Morgan fingerprint density at radius 1 is 1.39 bits per heavy atom. The molecule has 18 heavy (non-hydrogen) atoms. The van der Waals surface area contributed by atoms with Crippen LogP contribution in [0.2, 0.25) is 0 Å². The van der Waals surface area contributed by atoms with E-state index in [9.17, 15) is 0 Å². The largest absolute Gasteiger partial charge is 0.478 e. The van der Waals surface area contributed by atoms with E-state index in [2.05, 4.69) is 20.2 Å². The Morgan fingerprint density at radius 3 is 3.22 bits per heavy atom. The van der Waals surface area contributed by atoms with Crippen LogP contribution in [0.3, 0.4) is 0 Å². The minimum absolute atomic E-state index is 0.525. The first-order valence-electron chi connectivity index (χ1n) is 6.82. The molecule has 0 saturated carbocycles. The molecule has 98 valence electrons. The molecule has 0 aliphatic carbocycles. The Labute approximate surface area is 108 Å². The van der Waals surface area contributed by atoms with Gasteiger partial charge >= 0.3 is 0 Å². The van der Waals surface area contributed by atoms with Gasteiger partial charge in [-0.1, -0.05) is 0 Å². The number of rotatable bonds is 4. The fourth-order valence-corrected chi connectivity index (χ4v) is 3.09. The molecule has 0 amide bonds. The summed E-state index contributed by atoms with van der Waals surface area (Å²) in [6.07, 6.45) is 5.41. The molecule has 0 spiro atoms. The summed E-state index contributed by atoms with van der Waals surface area (Å²) in [5, 5.41) is 3.54. The average molecular weight is 248 g/mol. The predicted molar refractivity (Wildman–Crippen MR) is 69.8 cm³/mol. The van der Waals surface area contributed by atoms with Gasteiger partial charge in [-0.25, -0.2) is 9.97 Å². The quantitative estimate of drug-likeness (QED) is 0.875. The first-order valence-corrected chi connectivity index (χ1v) is 6.82. The van der Waals surface area contributed by atoms with E-state index in [0.717, 1.165) is 5.82 Å². The van der Waals surface area contributed by atoms with Crippen molar-refractivity contribution in [2.24, 2.45) is 0 Å². The maximum atomic E-state index is 5.40. The van der Waals surface area contributed by atoms with Crippen LogP contribution in [0.25, 0.3) is 0 Å². The lowest BCUT2D eigenvalue weighted by atomic mass is 10.1. The van der Waals surface area contributed by atoms with Crippen LogP contribution in [0.15, 0.2) is 12.4 Å². The number of ether oxygens (including phenoxy) is 1. The molecule has 2 fully saturated rings. The second-order valence-electron chi connectivity index (χ2n) is 4.96. The molecule has 1 aromatic heterocycles. The summed E-state index contributed by atoms with van der Waals surface area (Å²) in [5.74, 6) is 1.53. The van der Waals surface area contributed by atoms with Crippen LogP contribution in [-0.4, -0.2) is 46.6 Å². The van der Waals surface area contributed by atoms with Crippen molar-refractivity contribution in [3.63, 3.8) is 0 Å². The standard InChI is InChI=1S/C13H20N4O/c1-2-18-13-8-12(14-9-15-13)16-10-5-7-17-6-3-4-11(10)17/h8-11H,2-7H2,1H3,(H,14,15,16). The molecule has 5 nitrogen and oxygen atoms in total. The second-order valence-corrected chi connectivity index (χ2v) is 4.96. The molecule has 2 aliphatic rings. The van der Waals surface area contributed by atoms with Crippen LogP contribution in [0.5, 0.6) is 5.88 Å². The summed E-state index contributed by atoms with van der Waals surface area (Å²) in [6.45, 7) is 5.07. The van der Waals surface area contributed by atoms with Crippen LogP contribution in [0, 0.1) is 0 Å². The number of nitrogens with one attached hydrogen (secondary N) is 1. The van der Waals surface area contributed by atoms with Crippen molar-refractivity contribution < 1.29 is 4.74 Å². The van der Waals surface area contributed by atoms with Gasteiger partial charge in [0.15, 0.2) is 0 Å². The lowest BCUT2D eigenvalue weighted by molar-refractivity contribution is 0.317. The van der Waals surface area contributed by atoms with Gasteiger partial charge in [0.05, 0.1) is 6.61 Å². The van der Waals surface area contributed by atoms with Gasteiger partial charge in [0.25, 0.3) is 0 Å². The monoisotopic (exact) mass is 248 g/mol. The van der Waals surface area contributed by atoms with Crippen LogP contribution in [0.1, 0.15) is 26.2 Å². The van der Waals surface area contributed by atoms with E-state index < -0.39 is 0 Å². The van der Waals surface area contributed by atoms with Gasteiger partial charge in [-0.3, -0.25) is 4.90 Å². The molecule has 2 aliphatic heterocycles. The third kappa shape index (κ3) is 2.27. The molecular weight excluding hydrogens is 228 g/mol. The number of hydrogen-bond donors (Lipinski definition) is 1. The highest BCUT2D eigenvalue weighted by Gasteiger charge is 2.37. The van der Waals surface area contributed by atoms with E-state index in [1.165, 1.54) is 32.4 Å². The zero-order chi connectivity index (χ0) is 12.4. The van der Waals surface area contributed by atoms with E-state index in [4.69, 9.17) is 4.74 Å². The maximum Gasteiger partial charge on any atom is 0.218 e. The first-order chi connectivity index (χ1) is 8.86. The summed E-state index contributed by atoms with van der Waals surface area (Å²) in [4.78, 5) is 11.0. The Bertz CT molecular complexity index is 412. The number of aromatic nitrogens is 2. The van der Waals surface area contributed by atoms with Gasteiger partial charge in [-0.2, -0.15) is 0 Å². The summed E-state index contributed by atoms with van der Waals surface area (Å²) in [7, 11) is 0. The minimum Gasteiger partial charge on any atom is -0.478 e. The molecule has 1 N–H and O–H groups in total. The Hall–Kier alpha value is -1.36. The molecule has 3 heterocycles. The highest BCUT2D eigenvalue weighted by atomic mass is 16.5. The summed E-state index contributed by atoms with van der Waals surface area (Å²) in [6, 6.07) is 3.11. The van der Waals surface area contributed by atoms with Crippen LogP contribution in [0.4, 0.5) is 5.82 Å². The van der Waals surface area contributed by atoms with Crippen LogP contribution >= 0.6 is 0 Å². The highest BCUT2D eigenvalue weighted by molar-refractivity contribution is 5.39. The molecule has 0 aromatic carbocycles. The van der Waals surface area contributed by atoms with Gasteiger partial charge in [0, 0.05) is 24.7 Å². The number of anilines is 1. The van der Waals surface area contributed by atoms with Crippen LogP contribution in [-0.2, 0) is 0 Å². The lowest BCUT2D eigenvalue weighted by Crippen LogP contribution is -2.34. The highest BCUT2D eigenvalue weighted by Crippen LogP contribution is 2.29. The van der Waals surface area contributed by atoms with E-state index in [1.807, 2.05) is 13.0 Å². The molecular formula is C13H20N4O. The molecule has 5 heteroatoms. The van der Waals surface area contributed by atoms with Gasteiger partial charge in [0.2, 0.25) is 5.88 Å². The maximum absolute atomic E-state index is 5.40. The van der Waals surface area contributed by atoms with Crippen LogP contribution < -0.4 is 10.1 Å². The van der Waals surface area contributed by atoms with Crippen molar-refractivity contribution in [2.75, 3.05) is 25.0 Å². The molecule has 0 radical (unpaired) electrons. The van der Waals surface area contributed by atoms with E-state index in [1.54, 1.807) is 6.33 Å². The Morgan fingerprint density at radius 2 is 2.33 bits per heavy atom. The SMILES string of the molecule is CCOc1cc(NC2CCN3CCCC23)ncn1. The molecule has 2 saturated heterocycles. The lowest BCUT2D eigenvalue weighted by Gasteiger charge is -2.21. The average Bonchev–Trinajstić information content (AvgIpc) is 2.95. The normalized spacial score (nSPS) is 27.2. The van der Waals surface area contributed by atoms with Crippen molar-refractivity contribution >= 4 is 5.82 Å².